The van der Waals surface area contributed by atoms with Crippen LogP contribution in [0.1, 0.15) is 46.0 Å². The van der Waals surface area contributed by atoms with E-state index in [-0.39, 0.29) is 6.03 Å². The molecule has 4 heteroatoms. The molecule has 120 valence electrons. The van der Waals surface area contributed by atoms with Gasteiger partial charge in [-0.15, -0.1) is 0 Å². The third-order valence-electron chi connectivity index (χ3n) is 4.85. The zero-order valence-corrected chi connectivity index (χ0v) is 13.7. The Kier molecular flexibility index (Phi) is 4.55. The minimum Gasteiger partial charge on any atom is -0.366 e. The molecule has 0 bridgehead atoms. The van der Waals surface area contributed by atoms with Crippen LogP contribution < -0.4 is 15.1 Å². The Bertz CT molecular complexity index is 523. The van der Waals surface area contributed by atoms with Crippen LogP contribution in [0.2, 0.25) is 0 Å². The van der Waals surface area contributed by atoms with Gasteiger partial charge in [-0.05, 0) is 38.8 Å². The number of amides is 2. The van der Waals surface area contributed by atoms with Crippen LogP contribution in [-0.4, -0.2) is 31.2 Å². The number of carbonyl (C=O) groups is 1. The fourth-order valence-corrected chi connectivity index (χ4v) is 3.63. The topological polar surface area (TPSA) is 35.6 Å². The van der Waals surface area contributed by atoms with Crippen LogP contribution in [0.3, 0.4) is 0 Å². The first-order valence-electron chi connectivity index (χ1n) is 8.60. The molecule has 3 rings (SSSR count). The zero-order valence-electron chi connectivity index (χ0n) is 13.7. The van der Waals surface area contributed by atoms with Crippen LogP contribution in [-0.2, 0) is 0 Å². The smallest absolute Gasteiger partial charge is 0.322 e. The maximum absolute atomic E-state index is 12.7. The van der Waals surface area contributed by atoms with Crippen LogP contribution in [0.5, 0.6) is 0 Å². The maximum atomic E-state index is 12.7. The molecular weight excluding hydrogens is 274 g/mol. The lowest BCUT2D eigenvalue weighted by Crippen LogP contribution is -2.52. The summed E-state index contributed by atoms with van der Waals surface area (Å²) in [6.45, 7) is 6.06. The van der Waals surface area contributed by atoms with Gasteiger partial charge < -0.3 is 10.2 Å². The van der Waals surface area contributed by atoms with E-state index >= 15 is 0 Å². The molecule has 0 aromatic heterocycles. The predicted molar refractivity (Wildman–Crippen MR) is 91.7 cm³/mol. The number of anilines is 2. The predicted octanol–water partition coefficient (Wildman–Crippen LogP) is 3.76. The van der Waals surface area contributed by atoms with Crippen molar-refractivity contribution in [2.24, 2.45) is 0 Å². The van der Waals surface area contributed by atoms with Gasteiger partial charge in [0.1, 0.15) is 0 Å². The molecule has 1 aliphatic heterocycles. The van der Waals surface area contributed by atoms with Gasteiger partial charge in [-0.1, -0.05) is 31.4 Å². The largest absolute Gasteiger partial charge is 0.366 e. The van der Waals surface area contributed by atoms with E-state index in [0.717, 1.165) is 31.6 Å². The van der Waals surface area contributed by atoms with Gasteiger partial charge >= 0.3 is 6.03 Å². The number of hydrogen-bond donors (Lipinski definition) is 1. The highest BCUT2D eigenvalue weighted by Crippen LogP contribution is 2.34. The number of para-hydroxylation sites is 2. The molecule has 4 nitrogen and oxygen atoms in total. The summed E-state index contributed by atoms with van der Waals surface area (Å²) in [7, 11) is 0. The minimum atomic E-state index is 0.0720. The highest BCUT2D eigenvalue weighted by atomic mass is 16.2. The number of fused-ring (bicyclic) bond motifs is 1. The highest BCUT2D eigenvalue weighted by Gasteiger charge is 2.28. The summed E-state index contributed by atoms with van der Waals surface area (Å²) in [5.41, 5.74) is 2.21. The molecule has 1 fully saturated rings. The van der Waals surface area contributed by atoms with Crippen LogP contribution in [0.25, 0.3) is 0 Å². The van der Waals surface area contributed by atoms with Crippen molar-refractivity contribution in [1.82, 2.24) is 5.32 Å². The first-order valence-corrected chi connectivity index (χ1v) is 8.60. The Morgan fingerprint density at radius 2 is 1.77 bits per heavy atom. The maximum Gasteiger partial charge on any atom is 0.322 e. The summed E-state index contributed by atoms with van der Waals surface area (Å²) in [4.78, 5) is 17.0. The van der Waals surface area contributed by atoms with Gasteiger partial charge in [-0.3, -0.25) is 4.90 Å². The number of urea groups is 1. The molecule has 2 amide bonds. The Balaban J connectivity index is 1.76. The lowest BCUT2D eigenvalue weighted by Gasteiger charge is -2.40. The van der Waals surface area contributed by atoms with Crippen LogP contribution in [0.15, 0.2) is 24.3 Å². The zero-order chi connectivity index (χ0) is 15.5. The number of carbonyl (C=O) groups excluding carboxylic acids is 1. The van der Waals surface area contributed by atoms with E-state index in [4.69, 9.17) is 0 Å². The monoisotopic (exact) mass is 301 g/mol. The fourth-order valence-electron chi connectivity index (χ4n) is 3.63. The van der Waals surface area contributed by atoms with Gasteiger partial charge in [-0.25, -0.2) is 4.79 Å². The number of nitrogens with zero attached hydrogens (tertiary/aromatic N) is 2. The van der Waals surface area contributed by atoms with E-state index in [1.54, 1.807) is 0 Å². The van der Waals surface area contributed by atoms with E-state index in [1.807, 2.05) is 11.0 Å². The van der Waals surface area contributed by atoms with Gasteiger partial charge in [0.2, 0.25) is 0 Å². The molecule has 1 saturated carbocycles. The number of hydrogen-bond acceptors (Lipinski definition) is 2. The summed E-state index contributed by atoms with van der Waals surface area (Å²) < 4.78 is 0. The summed E-state index contributed by atoms with van der Waals surface area (Å²) in [6, 6.07) is 9.13. The first kappa shape index (κ1) is 15.2. The third-order valence-corrected chi connectivity index (χ3v) is 4.85. The Morgan fingerprint density at radius 1 is 1.09 bits per heavy atom. The first-order chi connectivity index (χ1) is 10.7. The molecule has 0 atom stereocenters. The molecule has 1 aromatic rings. The standard InChI is InChI=1S/C18H27N3O/c1-14(2)20-12-13-21(17-11-7-6-10-16(17)20)18(22)19-15-8-4-3-5-9-15/h6-7,10-11,14-15H,3-5,8-9,12-13H2,1-2H3,(H,19,22). The lowest BCUT2D eigenvalue weighted by atomic mass is 9.96. The van der Waals surface area contributed by atoms with Crippen molar-refractivity contribution in [2.45, 2.75) is 58.0 Å². The van der Waals surface area contributed by atoms with Crippen molar-refractivity contribution >= 4 is 17.4 Å². The Morgan fingerprint density at radius 3 is 2.45 bits per heavy atom. The van der Waals surface area contributed by atoms with Crippen LogP contribution in [0.4, 0.5) is 16.2 Å². The molecular formula is C18H27N3O. The van der Waals surface area contributed by atoms with Gasteiger partial charge in [0.25, 0.3) is 0 Å². The van der Waals surface area contributed by atoms with E-state index < -0.39 is 0 Å². The Hall–Kier alpha value is -1.71. The van der Waals surface area contributed by atoms with E-state index in [9.17, 15) is 4.79 Å². The van der Waals surface area contributed by atoms with Crippen molar-refractivity contribution in [1.29, 1.82) is 0 Å². The lowest BCUT2D eigenvalue weighted by molar-refractivity contribution is 0.238. The van der Waals surface area contributed by atoms with Gasteiger partial charge in [-0.2, -0.15) is 0 Å². The minimum absolute atomic E-state index is 0.0720. The summed E-state index contributed by atoms with van der Waals surface area (Å²) in [6.07, 6.45) is 6.03. The molecule has 0 spiro atoms. The summed E-state index contributed by atoms with van der Waals surface area (Å²) >= 11 is 0. The average Bonchev–Trinajstić information content (AvgIpc) is 2.54. The molecule has 1 N–H and O–H groups in total. The second kappa shape index (κ2) is 6.59. The molecule has 22 heavy (non-hydrogen) atoms. The van der Waals surface area contributed by atoms with Gasteiger partial charge in [0.15, 0.2) is 0 Å². The molecule has 0 saturated heterocycles. The fraction of sp³-hybridized carbons (Fsp3) is 0.611. The molecule has 0 radical (unpaired) electrons. The van der Waals surface area contributed by atoms with Crippen molar-refractivity contribution in [3.8, 4) is 0 Å². The second-order valence-electron chi connectivity index (χ2n) is 6.71. The van der Waals surface area contributed by atoms with E-state index in [2.05, 4.69) is 42.3 Å². The van der Waals surface area contributed by atoms with Gasteiger partial charge in [0.05, 0.1) is 11.4 Å². The quantitative estimate of drug-likeness (QED) is 0.902. The average molecular weight is 301 g/mol. The molecule has 2 aliphatic rings. The highest BCUT2D eigenvalue weighted by molar-refractivity contribution is 5.97. The van der Waals surface area contributed by atoms with Crippen LogP contribution in [0, 0.1) is 0 Å². The normalized spacial score (nSPS) is 19.2. The molecule has 1 heterocycles. The van der Waals surface area contributed by atoms with Crippen molar-refractivity contribution in [3.05, 3.63) is 24.3 Å². The SMILES string of the molecule is CC(C)N1CCN(C(=O)NC2CCCCC2)c2ccccc21. The molecule has 1 aromatic carbocycles. The van der Waals surface area contributed by atoms with Crippen molar-refractivity contribution in [3.63, 3.8) is 0 Å². The number of nitrogens with one attached hydrogen (secondary N) is 1. The van der Waals surface area contributed by atoms with E-state index in [1.165, 1.54) is 24.9 Å². The van der Waals surface area contributed by atoms with E-state index in [0.29, 0.717) is 12.1 Å². The molecule has 1 aliphatic carbocycles. The Labute approximate surface area is 133 Å². The summed E-state index contributed by atoms with van der Waals surface area (Å²) in [5.74, 6) is 0. The number of rotatable bonds is 2. The number of benzene rings is 1. The molecule has 0 unspecified atom stereocenters. The third kappa shape index (κ3) is 3.06. The van der Waals surface area contributed by atoms with Gasteiger partial charge in [0, 0.05) is 25.2 Å². The van der Waals surface area contributed by atoms with Crippen molar-refractivity contribution < 1.29 is 4.79 Å². The van der Waals surface area contributed by atoms with Crippen LogP contribution >= 0.6 is 0 Å². The van der Waals surface area contributed by atoms with Crippen molar-refractivity contribution in [2.75, 3.05) is 22.9 Å². The summed E-state index contributed by atoms with van der Waals surface area (Å²) in [5, 5.41) is 3.24. The second-order valence-corrected chi connectivity index (χ2v) is 6.71.